The molecular formula is C14H24F3NO2. The van der Waals surface area contributed by atoms with Crippen molar-refractivity contribution in [2.75, 3.05) is 13.2 Å². The van der Waals surface area contributed by atoms with Crippen LogP contribution in [0.2, 0.25) is 0 Å². The number of carbonyl (C=O) groups excluding carboxylic acids is 1. The quantitative estimate of drug-likeness (QED) is 0.638. The second-order valence-corrected chi connectivity index (χ2v) is 6.29. The molecule has 0 aromatic rings. The first kappa shape index (κ1) is 17.3. The molecule has 20 heavy (non-hydrogen) atoms. The van der Waals surface area contributed by atoms with Crippen molar-refractivity contribution >= 4 is 5.97 Å². The van der Waals surface area contributed by atoms with Crippen LogP contribution < -0.4 is 5.32 Å². The molecule has 1 atom stereocenters. The average molecular weight is 295 g/mol. The molecule has 1 saturated carbocycles. The second kappa shape index (κ2) is 6.33. The van der Waals surface area contributed by atoms with Crippen molar-refractivity contribution in [3.63, 3.8) is 0 Å². The summed E-state index contributed by atoms with van der Waals surface area (Å²) < 4.78 is 42.4. The van der Waals surface area contributed by atoms with E-state index in [1.165, 1.54) is 0 Å². The summed E-state index contributed by atoms with van der Waals surface area (Å²) in [7, 11) is 0. The Hall–Kier alpha value is -0.780. The Morgan fingerprint density at radius 1 is 1.20 bits per heavy atom. The van der Waals surface area contributed by atoms with E-state index < -0.39 is 24.2 Å². The Morgan fingerprint density at radius 3 is 2.40 bits per heavy atom. The molecule has 0 aromatic carbocycles. The molecule has 1 fully saturated rings. The molecule has 0 radical (unpaired) electrons. The van der Waals surface area contributed by atoms with E-state index in [1.54, 1.807) is 6.92 Å². The molecule has 1 aliphatic rings. The Morgan fingerprint density at radius 2 is 1.85 bits per heavy atom. The van der Waals surface area contributed by atoms with Crippen LogP contribution in [0, 0.1) is 5.41 Å². The molecule has 118 valence electrons. The lowest BCUT2D eigenvalue weighted by molar-refractivity contribution is -0.156. The smallest absolute Gasteiger partial charge is 0.401 e. The van der Waals surface area contributed by atoms with Crippen molar-refractivity contribution < 1.29 is 22.7 Å². The van der Waals surface area contributed by atoms with Gasteiger partial charge in [-0.1, -0.05) is 20.3 Å². The van der Waals surface area contributed by atoms with Crippen LogP contribution in [-0.2, 0) is 9.53 Å². The molecule has 1 rings (SSSR count). The second-order valence-electron chi connectivity index (χ2n) is 6.29. The predicted octanol–water partition coefficient (Wildman–Crippen LogP) is 3.43. The highest BCUT2D eigenvalue weighted by molar-refractivity contribution is 5.81. The summed E-state index contributed by atoms with van der Waals surface area (Å²) in [6, 6.07) is 0. The molecule has 1 N–H and O–H groups in total. The number of ether oxygens (including phenoxy) is 1. The predicted molar refractivity (Wildman–Crippen MR) is 70.3 cm³/mol. The fraction of sp³-hybridized carbons (Fsp3) is 0.929. The lowest BCUT2D eigenvalue weighted by atomic mass is 9.83. The Labute approximate surface area is 118 Å². The first-order valence-corrected chi connectivity index (χ1v) is 7.09. The molecule has 1 unspecified atom stereocenters. The van der Waals surface area contributed by atoms with Gasteiger partial charge >= 0.3 is 12.1 Å². The summed E-state index contributed by atoms with van der Waals surface area (Å²) in [4.78, 5) is 12.1. The molecule has 0 aliphatic heterocycles. The Bertz CT molecular complexity index is 342. The van der Waals surface area contributed by atoms with Gasteiger partial charge < -0.3 is 4.74 Å². The third kappa shape index (κ3) is 4.96. The summed E-state index contributed by atoms with van der Waals surface area (Å²) in [6.45, 7) is 4.84. The standard InChI is InChI=1S/C14H24F3NO2/c1-4-20-11(19)13(18-10-14(15,16)17)7-5-6-12(2,3)8-9-13/h18H,4-10H2,1-3H3. The molecule has 0 aromatic heterocycles. The van der Waals surface area contributed by atoms with Crippen LogP contribution in [0.3, 0.4) is 0 Å². The van der Waals surface area contributed by atoms with Crippen LogP contribution in [0.1, 0.15) is 52.9 Å². The van der Waals surface area contributed by atoms with Crippen LogP contribution in [0.25, 0.3) is 0 Å². The summed E-state index contributed by atoms with van der Waals surface area (Å²) in [5.41, 5.74) is -1.15. The fourth-order valence-corrected chi connectivity index (χ4v) is 2.66. The van der Waals surface area contributed by atoms with E-state index in [9.17, 15) is 18.0 Å². The highest BCUT2D eigenvalue weighted by Crippen LogP contribution is 2.39. The molecule has 3 nitrogen and oxygen atoms in total. The molecule has 0 amide bonds. The molecule has 0 heterocycles. The number of nitrogens with one attached hydrogen (secondary N) is 1. The SMILES string of the molecule is CCOC(=O)C1(NCC(F)(F)F)CCCC(C)(C)CC1. The summed E-state index contributed by atoms with van der Waals surface area (Å²) in [6.07, 6.45) is -1.23. The van der Waals surface area contributed by atoms with Crippen molar-refractivity contribution in [3.05, 3.63) is 0 Å². The van der Waals surface area contributed by atoms with E-state index in [1.807, 2.05) is 0 Å². The van der Waals surface area contributed by atoms with E-state index in [4.69, 9.17) is 4.74 Å². The first-order chi connectivity index (χ1) is 9.10. The average Bonchev–Trinajstić information content (AvgIpc) is 2.46. The van der Waals surface area contributed by atoms with Gasteiger partial charge in [-0.15, -0.1) is 0 Å². The summed E-state index contributed by atoms with van der Waals surface area (Å²) in [5, 5.41) is 2.44. The van der Waals surface area contributed by atoms with Crippen molar-refractivity contribution in [3.8, 4) is 0 Å². The summed E-state index contributed by atoms with van der Waals surface area (Å²) in [5.74, 6) is -0.554. The third-order valence-corrected chi connectivity index (χ3v) is 3.98. The zero-order valence-electron chi connectivity index (χ0n) is 12.4. The monoisotopic (exact) mass is 295 g/mol. The number of alkyl halides is 3. The number of hydrogen-bond acceptors (Lipinski definition) is 3. The zero-order valence-corrected chi connectivity index (χ0v) is 12.4. The van der Waals surface area contributed by atoms with Gasteiger partial charge in [-0.25, -0.2) is 0 Å². The maximum absolute atomic E-state index is 12.5. The molecule has 6 heteroatoms. The van der Waals surface area contributed by atoms with E-state index >= 15 is 0 Å². The van der Waals surface area contributed by atoms with Crippen molar-refractivity contribution in [2.24, 2.45) is 5.41 Å². The van der Waals surface area contributed by atoms with Gasteiger partial charge in [0.2, 0.25) is 0 Å². The minimum Gasteiger partial charge on any atom is -0.465 e. The number of rotatable bonds is 4. The first-order valence-electron chi connectivity index (χ1n) is 7.09. The van der Waals surface area contributed by atoms with Gasteiger partial charge in [-0.05, 0) is 38.0 Å². The number of hydrogen-bond donors (Lipinski definition) is 1. The van der Waals surface area contributed by atoms with Crippen molar-refractivity contribution in [1.29, 1.82) is 0 Å². The van der Waals surface area contributed by atoms with Gasteiger partial charge in [0.25, 0.3) is 0 Å². The highest BCUT2D eigenvalue weighted by atomic mass is 19.4. The lowest BCUT2D eigenvalue weighted by Crippen LogP contribution is -2.55. The lowest BCUT2D eigenvalue weighted by Gasteiger charge is -2.32. The molecular weight excluding hydrogens is 271 g/mol. The van der Waals surface area contributed by atoms with Crippen LogP contribution in [0.15, 0.2) is 0 Å². The minimum atomic E-state index is -4.33. The van der Waals surface area contributed by atoms with Gasteiger partial charge in [-0.3, -0.25) is 10.1 Å². The Kier molecular flexibility index (Phi) is 5.46. The number of halogens is 3. The van der Waals surface area contributed by atoms with Crippen molar-refractivity contribution in [2.45, 2.75) is 64.6 Å². The molecule has 0 saturated heterocycles. The fourth-order valence-electron chi connectivity index (χ4n) is 2.66. The molecule has 0 bridgehead atoms. The zero-order chi connectivity index (χ0) is 15.4. The maximum Gasteiger partial charge on any atom is 0.401 e. The van der Waals surface area contributed by atoms with Gasteiger partial charge in [0.05, 0.1) is 13.2 Å². The van der Waals surface area contributed by atoms with Gasteiger partial charge in [-0.2, -0.15) is 13.2 Å². The maximum atomic E-state index is 12.5. The number of carbonyl (C=O) groups is 1. The normalized spacial score (nSPS) is 26.9. The minimum absolute atomic E-state index is 0.0498. The van der Waals surface area contributed by atoms with Crippen molar-refractivity contribution in [1.82, 2.24) is 5.32 Å². The van der Waals surface area contributed by atoms with Crippen LogP contribution in [-0.4, -0.2) is 30.8 Å². The van der Waals surface area contributed by atoms with Gasteiger partial charge in [0.1, 0.15) is 5.54 Å². The van der Waals surface area contributed by atoms with E-state index in [0.717, 1.165) is 12.8 Å². The van der Waals surface area contributed by atoms with Gasteiger partial charge in [0, 0.05) is 0 Å². The van der Waals surface area contributed by atoms with Gasteiger partial charge in [0.15, 0.2) is 0 Å². The third-order valence-electron chi connectivity index (χ3n) is 3.98. The van der Waals surface area contributed by atoms with E-state index in [2.05, 4.69) is 19.2 Å². The van der Waals surface area contributed by atoms with E-state index in [0.29, 0.717) is 19.3 Å². The van der Waals surface area contributed by atoms with Crippen LogP contribution in [0.4, 0.5) is 13.2 Å². The highest BCUT2D eigenvalue weighted by Gasteiger charge is 2.44. The largest absolute Gasteiger partial charge is 0.465 e. The summed E-state index contributed by atoms with van der Waals surface area (Å²) >= 11 is 0. The Balaban J connectivity index is 2.86. The molecule has 1 aliphatic carbocycles. The number of esters is 1. The van der Waals surface area contributed by atoms with Crippen LogP contribution >= 0.6 is 0 Å². The van der Waals surface area contributed by atoms with E-state index in [-0.39, 0.29) is 12.0 Å². The topological polar surface area (TPSA) is 38.3 Å². The van der Waals surface area contributed by atoms with Crippen LogP contribution in [0.5, 0.6) is 0 Å². The molecule has 0 spiro atoms.